The number of esters is 1. The molecule has 0 aliphatic rings. The number of nitrogens with zero attached hydrogens (tertiary/aromatic N) is 1. The van der Waals surface area contributed by atoms with Crippen molar-refractivity contribution < 1.29 is 14.3 Å². The van der Waals surface area contributed by atoms with Gasteiger partial charge < -0.3 is 9.47 Å². The molecular weight excluding hydrogens is 358 g/mol. The van der Waals surface area contributed by atoms with E-state index in [1.54, 1.807) is 24.3 Å². The van der Waals surface area contributed by atoms with E-state index in [2.05, 4.69) is 4.98 Å². The predicted molar refractivity (Wildman–Crippen MR) is 106 cm³/mol. The Morgan fingerprint density at radius 3 is 2.37 bits per heavy atom. The van der Waals surface area contributed by atoms with Gasteiger partial charge in [0.15, 0.2) is 0 Å². The highest BCUT2D eigenvalue weighted by atomic mass is 32.1. The minimum absolute atomic E-state index is 0.171. The third kappa shape index (κ3) is 4.33. The van der Waals surface area contributed by atoms with E-state index >= 15 is 0 Å². The number of ether oxygens (including phenoxy) is 2. The number of thiazole rings is 1. The highest BCUT2D eigenvalue weighted by Gasteiger charge is 2.10. The zero-order chi connectivity index (χ0) is 18.5. The van der Waals surface area contributed by atoms with Crippen LogP contribution in [0.3, 0.4) is 0 Å². The normalized spacial score (nSPS) is 10.7. The Balaban J connectivity index is 1.33. The Hall–Kier alpha value is -3.18. The maximum atomic E-state index is 12.2. The number of hydrogen-bond donors (Lipinski definition) is 0. The zero-order valence-corrected chi connectivity index (χ0v) is 15.3. The van der Waals surface area contributed by atoms with Crippen molar-refractivity contribution in [3.8, 4) is 5.75 Å². The van der Waals surface area contributed by atoms with Crippen LogP contribution in [0.1, 0.15) is 20.9 Å². The van der Waals surface area contributed by atoms with Crippen LogP contribution < -0.4 is 4.74 Å². The molecule has 0 saturated heterocycles. The summed E-state index contributed by atoms with van der Waals surface area (Å²) in [5.74, 6) is 0.338. The highest BCUT2D eigenvalue weighted by Crippen LogP contribution is 2.22. The first kappa shape index (κ1) is 17.2. The molecule has 4 aromatic rings. The van der Waals surface area contributed by atoms with Gasteiger partial charge in [0.25, 0.3) is 0 Å². The van der Waals surface area contributed by atoms with E-state index in [9.17, 15) is 4.79 Å². The number of hydrogen-bond acceptors (Lipinski definition) is 5. The zero-order valence-electron chi connectivity index (χ0n) is 14.5. The van der Waals surface area contributed by atoms with Crippen molar-refractivity contribution in [3.05, 3.63) is 95.0 Å². The molecule has 1 aromatic heterocycles. The summed E-state index contributed by atoms with van der Waals surface area (Å²) in [5, 5.41) is 0.785. The van der Waals surface area contributed by atoms with Crippen molar-refractivity contribution in [3.63, 3.8) is 0 Å². The van der Waals surface area contributed by atoms with Gasteiger partial charge in [-0.1, -0.05) is 42.5 Å². The molecule has 0 aliphatic heterocycles. The van der Waals surface area contributed by atoms with E-state index in [0.717, 1.165) is 20.8 Å². The molecule has 0 saturated carbocycles. The largest absolute Gasteiger partial charge is 0.489 e. The molecule has 0 bridgehead atoms. The molecule has 0 aliphatic carbocycles. The third-order valence-electron chi connectivity index (χ3n) is 4.00. The number of carbonyl (C=O) groups excluding carboxylic acids is 1. The fourth-order valence-corrected chi connectivity index (χ4v) is 3.50. The molecule has 4 rings (SSSR count). The molecule has 0 amide bonds. The molecule has 1 heterocycles. The molecule has 0 N–H and O–H groups in total. The van der Waals surface area contributed by atoms with Crippen LogP contribution in [0.4, 0.5) is 0 Å². The topological polar surface area (TPSA) is 48.4 Å². The maximum absolute atomic E-state index is 12.2. The first-order valence-corrected chi connectivity index (χ1v) is 9.38. The van der Waals surface area contributed by atoms with E-state index in [0.29, 0.717) is 17.9 Å². The summed E-state index contributed by atoms with van der Waals surface area (Å²) in [7, 11) is 0. The summed E-state index contributed by atoms with van der Waals surface area (Å²) in [4.78, 5) is 16.7. The van der Waals surface area contributed by atoms with Gasteiger partial charge in [0.2, 0.25) is 0 Å². The monoisotopic (exact) mass is 375 g/mol. The summed E-state index contributed by atoms with van der Waals surface area (Å²) in [6, 6.07) is 24.8. The van der Waals surface area contributed by atoms with Gasteiger partial charge in [-0.2, -0.15) is 0 Å². The lowest BCUT2D eigenvalue weighted by molar-refractivity contribution is 0.0472. The Kier molecular flexibility index (Phi) is 5.12. The molecular formula is C22H17NO3S. The van der Waals surface area contributed by atoms with Crippen LogP contribution in [0.2, 0.25) is 0 Å². The third-order valence-corrected chi connectivity index (χ3v) is 5.01. The predicted octanol–water partition coefficient (Wildman–Crippen LogP) is 5.23. The lowest BCUT2D eigenvalue weighted by Gasteiger charge is -2.07. The second kappa shape index (κ2) is 8.01. The molecule has 0 radical (unpaired) electrons. The van der Waals surface area contributed by atoms with Gasteiger partial charge in [-0.25, -0.2) is 9.78 Å². The fourth-order valence-electron chi connectivity index (χ4n) is 2.62. The molecule has 27 heavy (non-hydrogen) atoms. The number of aromatic nitrogens is 1. The maximum Gasteiger partial charge on any atom is 0.338 e. The van der Waals surface area contributed by atoms with Crippen LogP contribution >= 0.6 is 11.3 Å². The summed E-state index contributed by atoms with van der Waals surface area (Å²) in [6.07, 6.45) is 0. The SMILES string of the molecule is O=C(OCc1nc2ccccc2s1)c1ccc(OCc2ccccc2)cc1. The summed E-state index contributed by atoms with van der Waals surface area (Å²) in [5.41, 5.74) is 2.51. The smallest absolute Gasteiger partial charge is 0.338 e. The summed E-state index contributed by atoms with van der Waals surface area (Å²) in [6.45, 7) is 0.659. The van der Waals surface area contributed by atoms with Gasteiger partial charge in [-0.05, 0) is 42.0 Å². The van der Waals surface area contributed by atoms with Gasteiger partial charge in [-0.3, -0.25) is 0 Å². The van der Waals surface area contributed by atoms with Crippen LogP contribution in [0, 0.1) is 0 Å². The Bertz CT molecular complexity index is 1010. The Morgan fingerprint density at radius 1 is 0.852 bits per heavy atom. The van der Waals surface area contributed by atoms with Crippen molar-refractivity contribution in [2.45, 2.75) is 13.2 Å². The minimum atomic E-state index is -0.371. The first-order chi connectivity index (χ1) is 13.3. The molecule has 134 valence electrons. The van der Waals surface area contributed by atoms with Crippen molar-refractivity contribution >= 4 is 27.5 Å². The van der Waals surface area contributed by atoms with Gasteiger partial charge in [0.1, 0.15) is 24.0 Å². The average molecular weight is 375 g/mol. The number of para-hydroxylation sites is 1. The number of rotatable bonds is 6. The van der Waals surface area contributed by atoms with E-state index in [4.69, 9.17) is 9.47 Å². The lowest BCUT2D eigenvalue weighted by Crippen LogP contribution is -2.05. The van der Waals surface area contributed by atoms with Crippen LogP contribution in [0.25, 0.3) is 10.2 Å². The van der Waals surface area contributed by atoms with E-state index in [1.165, 1.54) is 11.3 Å². The van der Waals surface area contributed by atoms with Crippen LogP contribution in [0.15, 0.2) is 78.9 Å². The molecule has 0 unspecified atom stereocenters. The molecule has 5 heteroatoms. The first-order valence-electron chi connectivity index (χ1n) is 8.56. The van der Waals surface area contributed by atoms with Crippen molar-refractivity contribution in [1.82, 2.24) is 4.98 Å². The number of fused-ring (bicyclic) bond motifs is 1. The molecule has 4 nitrogen and oxygen atoms in total. The molecule has 0 fully saturated rings. The summed E-state index contributed by atoms with van der Waals surface area (Å²) >= 11 is 1.53. The van der Waals surface area contributed by atoms with Crippen LogP contribution in [-0.4, -0.2) is 11.0 Å². The number of carbonyl (C=O) groups is 1. The second-order valence-corrected chi connectivity index (χ2v) is 7.07. The summed E-state index contributed by atoms with van der Waals surface area (Å²) < 4.78 is 12.2. The Morgan fingerprint density at radius 2 is 1.59 bits per heavy atom. The second-order valence-electron chi connectivity index (χ2n) is 5.95. The van der Waals surface area contributed by atoms with E-state index < -0.39 is 0 Å². The van der Waals surface area contributed by atoms with Crippen molar-refractivity contribution in [1.29, 1.82) is 0 Å². The lowest BCUT2D eigenvalue weighted by atomic mass is 10.2. The molecule has 3 aromatic carbocycles. The van der Waals surface area contributed by atoms with E-state index in [1.807, 2.05) is 54.6 Å². The van der Waals surface area contributed by atoms with Gasteiger partial charge in [-0.15, -0.1) is 11.3 Å². The minimum Gasteiger partial charge on any atom is -0.489 e. The number of benzene rings is 3. The van der Waals surface area contributed by atoms with Gasteiger partial charge >= 0.3 is 5.97 Å². The van der Waals surface area contributed by atoms with Crippen LogP contribution in [-0.2, 0) is 18.0 Å². The standard InChI is InChI=1S/C22H17NO3S/c24-22(26-15-21-23-19-8-4-5-9-20(19)27-21)17-10-12-18(13-11-17)25-14-16-6-2-1-3-7-16/h1-13H,14-15H2. The van der Waals surface area contributed by atoms with Crippen molar-refractivity contribution in [2.75, 3.05) is 0 Å². The van der Waals surface area contributed by atoms with Crippen molar-refractivity contribution in [2.24, 2.45) is 0 Å². The van der Waals surface area contributed by atoms with E-state index in [-0.39, 0.29) is 12.6 Å². The highest BCUT2D eigenvalue weighted by molar-refractivity contribution is 7.18. The fraction of sp³-hybridized carbons (Fsp3) is 0.0909. The van der Waals surface area contributed by atoms with Crippen LogP contribution in [0.5, 0.6) is 5.75 Å². The quantitative estimate of drug-likeness (QED) is 0.433. The van der Waals surface area contributed by atoms with Gasteiger partial charge in [0, 0.05) is 0 Å². The Labute approximate surface area is 161 Å². The van der Waals surface area contributed by atoms with Gasteiger partial charge in [0.05, 0.1) is 15.8 Å². The molecule has 0 spiro atoms. The average Bonchev–Trinajstić information content (AvgIpc) is 3.15. The molecule has 0 atom stereocenters.